The molecule has 1 amide bonds. The second-order valence-corrected chi connectivity index (χ2v) is 6.93. The molecule has 150 valence electrons. The molecular formula is C21H18F3N3O2. The Hall–Kier alpha value is -3.29. The number of nitrogens with zero attached hydrogens (tertiary/aromatic N) is 2. The molecular weight excluding hydrogens is 383 g/mol. The van der Waals surface area contributed by atoms with Crippen molar-refractivity contribution in [3.05, 3.63) is 66.0 Å². The Morgan fingerprint density at radius 1 is 1.28 bits per heavy atom. The number of rotatable bonds is 6. The van der Waals surface area contributed by atoms with Gasteiger partial charge in [0.1, 0.15) is 23.6 Å². The number of alkyl halides is 1. The zero-order chi connectivity index (χ0) is 20.7. The third kappa shape index (κ3) is 3.35. The zero-order valence-corrected chi connectivity index (χ0v) is 15.6. The van der Waals surface area contributed by atoms with Gasteiger partial charge in [0.25, 0.3) is 5.91 Å². The first-order chi connectivity index (χ1) is 13.9. The molecule has 1 N–H and O–H groups in total. The predicted molar refractivity (Wildman–Crippen MR) is 103 cm³/mol. The maximum atomic E-state index is 14.8. The number of aromatic amines is 1. The molecule has 0 aliphatic carbocycles. The van der Waals surface area contributed by atoms with E-state index in [1.165, 1.54) is 18.2 Å². The van der Waals surface area contributed by atoms with Crippen LogP contribution in [0, 0.1) is 11.6 Å². The number of fused-ring (bicyclic) bond motifs is 1. The lowest BCUT2D eigenvalue weighted by molar-refractivity contribution is -0.119. The van der Waals surface area contributed by atoms with E-state index in [-0.39, 0.29) is 29.9 Å². The minimum atomic E-state index is -1.08. The normalized spacial score (nSPS) is 17.5. The monoisotopic (exact) mass is 401 g/mol. The van der Waals surface area contributed by atoms with E-state index < -0.39 is 29.8 Å². The summed E-state index contributed by atoms with van der Waals surface area (Å²) in [7, 11) is 0. The number of hydrogen-bond acceptors (Lipinski definition) is 3. The maximum Gasteiger partial charge on any atom is 0.256 e. The van der Waals surface area contributed by atoms with Gasteiger partial charge in [-0.15, -0.1) is 0 Å². The van der Waals surface area contributed by atoms with Crippen LogP contribution in [-0.4, -0.2) is 28.7 Å². The van der Waals surface area contributed by atoms with Gasteiger partial charge in [-0.05, 0) is 25.1 Å². The van der Waals surface area contributed by atoms with Gasteiger partial charge in [-0.25, -0.2) is 18.2 Å². The number of aromatic nitrogens is 2. The average Bonchev–Trinajstić information content (AvgIpc) is 3.14. The highest BCUT2D eigenvalue weighted by atomic mass is 19.1. The fourth-order valence-corrected chi connectivity index (χ4v) is 3.36. The molecule has 29 heavy (non-hydrogen) atoms. The van der Waals surface area contributed by atoms with Gasteiger partial charge < -0.3 is 9.72 Å². The minimum Gasteiger partial charge on any atom is -0.493 e. The number of β-lactam (4-membered cyclic amide) rings is 1. The van der Waals surface area contributed by atoms with Crippen molar-refractivity contribution in [3.8, 4) is 5.75 Å². The van der Waals surface area contributed by atoms with Crippen LogP contribution in [0.1, 0.15) is 24.9 Å². The molecule has 0 saturated carbocycles. The van der Waals surface area contributed by atoms with Crippen LogP contribution in [0.2, 0.25) is 0 Å². The van der Waals surface area contributed by atoms with Crippen molar-refractivity contribution in [3.63, 3.8) is 0 Å². The van der Waals surface area contributed by atoms with E-state index in [9.17, 15) is 18.0 Å². The summed E-state index contributed by atoms with van der Waals surface area (Å²) in [5.41, 5.74) is 1.66. The molecule has 4 rings (SSSR count). The van der Waals surface area contributed by atoms with Crippen LogP contribution in [0.15, 0.2) is 48.8 Å². The van der Waals surface area contributed by atoms with Crippen LogP contribution >= 0.6 is 0 Å². The summed E-state index contributed by atoms with van der Waals surface area (Å²) in [6, 6.07) is 6.16. The molecule has 1 aromatic heterocycles. The molecule has 1 aliphatic rings. The number of ether oxygens (including phenoxy) is 1. The first-order valence-corrected chi connectivity index (χ1v) is 9.08. The van der Waals surface area contributed by atoms with E-state index in [1.807, 2.05) is 0 Å². The third-order valence-electron chi connectivity index (χ3n) is 4.88. The Balaban J connectivity index is 1.65. The number of benzene rings is 2. The lowest BCUT2D eigenvalue weighted by atomic mass is 9.87. The number of imidazole rings is 1. The fraction of sp³-hybridized carbons (Fsp3) is 0.238. The SMILES string of the molecule is C=C1C(=O)N(c2ccc3[nH]cnc3c2)C1c1c(F)cc(OCCC(C)F)cc1F. The van der Waals surface area contributed by atoms with Gasteiger partial charge in [0.05, 0.1) is 35.6 Å². The highest BCUT2D eigenvalue weighted by molar-refractivity contribution is 6.15. The second kappa shape index (κ2) is 7.27. The van der Waals surface area contributed by atoms with E-state index in [2.05, 4.69) is 16.5 Å². The number of halogens is 3. The molecule has 3 aromatic rings. The van der Waals surface area contributed by atoms with E-state index in [4.69, 9.17) is 4.74 Å². The first-order valence-electron chi connectivity index (χ1n) is 9.08. The molecule has 0 spiro atoms. The lowest BCUT2D eigenvalue weighted by Gasteiger charge is -2.42. The summed E-state index contributed by atoms with van der Waals surface area (Å²) in [5, 5.41) is 0. The summed E-state index contributed by atoms with van der Waals surface area (Å²) in [6.45, 7) is 5.06. The van der Waals surface area contributed by atoms with Gasteiger partial charge in [0.15, 0.2) is 0 Å². The van der Waals surface area contributed by atoms with Crippen molar-refractivity contribution in [1.82, 2.24) is 9.97 Å². The van der Waals surface area contributed by atoms with E-state index in [1.54, 1.807) is 18.2 Å². The third-order valence-corrected chi connectivity index (χ3v) is 4.88. The molecule has 2 heterocycles. The van der Waals surface area contributed by atoms with Gasteiger partial charge >= 0.3 is 0 Å². The van der Waals surface area contributed by atoms with E-state index in [0.717, 1.165) is 17.6 Å². The van der Waals surface area contributed by atoms with Gasteiger partial charge in [0.2, 0.25) is 0 Å². The summed E-state index contributed by atoms with van der Waals surface area (Å²) in [4.78, 5) is 20.8. The highest BCUT2D eigenvalue weighted by Crippen LogP contribution is 2.45. The standard InChI is InChI=1S/C21H18F3N3O2/c1-11(22)5-6-29-14-8-15(23)19(16(24)9-14)20-12(2)21(28)27(20)13-3-4-17-18(7-13)26-10-25-17/h3-4,7-11,20H,2,5-6H2,1H3,(H,25,26). The largest absolute Gasteiger partial charge is 0.493 e. The van der Waals surface area contributed by atoms with Crippen LogP contribution in [0.5, 0.6) is 5.75 Å². The van der Waals surface area contributed by atoms with Crippen LogP contribution < -0.4 is 9.64 Å². The number of nitrogens with one attached hydrogen (secondary N) is 1. The smallest absolute Gasteiger partial charge is 0.256 e. The van der Waals surface area contributed by atoms with Crippen molar-refractivity contribution in [2.45, 2.75) is 25.6 Å². The molecule has 2 atom stereocenters. The molecule has 1 saturated heterocycles. The van der Waals surface area contributed by atoms with Gasteiger partial charge in [-0.3, -0.25) is 9.69 Å². The van der Waals surface area contributed by atoms with Crippen LogP contribution in [-0.2, 0) is 4.79 Å². The fourth-order valence-electron chi connectivity index (χ4n) is 3.36. The molecule has 0 radical (unpaired) electrons. The maximum absolute atomic E-state index is 14.8. The van der Waals surface area contributed by atoms with E-state index >= 15 is 0 Å². The average molecular weight is 401 g/mol. The molecule has 8 heteroatoms. The minimum absolute atomic E-state index is 0.000317. The Kier molecular flexibility index (Phi) is 4.77. The predicted octanol–water partition coefficient (Wildman–Crippen LogP) is 4.61. The van der Waals surface area contributed by atoms with Crippen molar-refractivity contribution >= 4 is 22.6 Å². The van der Waals surface area contributed by atoms with Crippen molar-refractivity contribution in [2.24, 2.45) is 0 Å². The highest BCUT2D eigenvalue weighted by Gasteiger charge is 2.45. The molecule has 1 fully saturated rings. The summed E-state index contributed by atoms with van der Waals surface area (Å²) < 4.78 is 47.6. The first kappa shape index (κ1) is 19.0. The lowest BCUT2D eigenvalue weighted by Crippen LogP contribution is -2.49. The van der Waals surface area contributed by atoms with Crippen LogP contribution in [0.3, 0.4) is 0 Å². The van der Waals surface area contributed by atoms with Crippen molar-refractivity contribution in [1.29, 1.82) is 0 Å². The number of carbonyl (C=O) groups is 1. The van der Waals surface area contributed by atoms with Crippen LogP contribution in [0.25, 0.3) is 11.0 Å². The second-order valence-electron chi connectivity index (χ2n) is 6.93. The molecule has 2 unspecified atom stereocenters. The summed E-state index contributed by atoms with van der Waals surface area (Å²) >= 11 is 0. The molecule has 0 bridgehead atoms. The molecule has 5 nitrogen and oxygen atoms in total. The molecule has 2 aromatic carbocycles. The van der Waals surface area contributed by atoms with Crippen molar-refractivity contribution in [2.75, 3.05) is 11.5 Å². The molecule has 1 aliphatic heterocycles. The quantitative estimate of drug-likeness (QED) is 0.485. The number of carbonyl (C=O) groups excluding carboxylic acids is 1. The number of hydrogen-bond donors (Lipinski definition) is 1. The van der Waals surface area contributed by atoms with Crippen LogP contribution in [0.4, 0.5) is 18.9 Å². The topological polar surface area (TPSA) is 58.2 Å². The summed E-state index contributed by atoms with van der Waals surface area (Å²) in [5.74, 6) is -2.18. The Morgan fingerprint density at radius 2 is 2.00 bits per heavy atom. The number of amides is 1. The number of anilines is 1. The van der Waals surface area contributed by atoms with Gasteiger partial charge in [-0.1, -0.05) is 6.58 Å². The number of H-pyrrole nitrogens is 1. The summed E-state index contributed by atoms with van der Waals surface area (Å²) in [6.07, 6.45) is 0.557. The van der Waals surface area contributed by atoms with Gasteiger partial charge in [-0.2, -0.15) is 0 Å². The Labute approximate surface area is 164 Å². The zero-order valence-electron chi connectivity index (χ0n) is 15.6. The van der Waals surface area contributed by atoms with Crippen molar-refractivity contribution < 1.29 is 22.7 Å². The Morgan fingerprint density at radius 3 is 2.69 bits per heavy atom. The van der Waals surface area contributed by atoms with Gasteiger partial charge in [0, 0.05) is 29.8 Å². The Bertz CT molecular complexity index is 1090. The van der Waals surface area contributed by atoms with E-state index in [0.29, 0.717) is 11.2 Å².